The predicted molar refractivity (Wildman–Crippen MR) is 181 cm³/mol. The zero-order chi connectivity index (χ0) is 32.2. The highest BCUT2D eigenvalue weighted by Crippen LogP contribution is 2.39. The highest BCUT2D eigenvalue weighted by Gasteiger charge is 2.37. The van der Waals surface area contributed by atoms with Crippen molar-refractivity contribution in [1.29, 1.82) is 0 Å². The van der Waals surface area contributed by atoms with Gasteiger partial charge in [-0.05, 0) is 79.1 Å². The first-order valence-corrected chi connectivity index (χ1v) is 17.6. The number of hydrogen-bond donors (Lipinski definition) is 2. The lowest BCUT2D eigenvalue weighted by molar-refractivity contribution is 0.0195. The normalized spacial score (nSPS) is 17.8. The van der Waals surface area contributed by atoms with E-state index >= 15 is 0 Å². The van der Waals surface area contributed by atoms with E-state index in [1.807, 2.05) is 53.7 Å². The third kappa shape index (κ3) is 6.80. The van der Waals surface area contributed by atoms with Crippen molar-refractivity contribution in [3.05, 3.63) is 41.9 Å². The summed E-state index contributed by atoms with van der Waals surface area (Å²) in [7, 11) is -0.408. The molecule has 0 aliphatic carbocycles. The fourth-order valence-electron chi connectivity index (χ4n) is 5.20. The molecule has 3 aromatic heterocycles. The van der Waals surface area contributed by atoms with Crippen LogP contribution in [0, 0.1) is 0 Å². The minimum absolute atomic E-state index is 0.301. The Morgan fingerprint density at radius 2 is 1.77 bits per heavy atom. The van der Waals surface area contributed by atoms with Gasteiger partial charge in [0, 0.05) is 36.1 Å². The van der Waals surface area contributed by atoms with Gasteiger partial charge < -0.3 is 19.7 Å². The third-order valence-electron chi connectivity index (χ3n) is 7.11. The summed E-state index contributed by atoms with van der Waals surface area (Å²) in [6, 6.07) is 6.12. The minimum Gasteiger partial charge on any atom is -0.444 e. The van der Waals surface area contributed by atoms with Gasteiger partial charge in [0.2, 0.25) is 0 Å². The smallest absolute Gasteiger partial charge is 0.419 e. The minimum atomic E-state index is -0.807. The second-order valence-electron chi connectivity index (χ2n) is 13.4. The lowest BCUT2D eigenvalue weighted by Crippen LogP contribution is -2.52. The number of likely N-dealkylation sites (tertiary alicyclic amines) is 1. The number of rotatable bonds is 4. The second-order valence-corrected chi connectivity index (χ2v) is 16.9. The van der Waals surface area contributed by atoms with Crippen molar-refractivity contribution < 1.29 is 19.1 Å². The van der Waals surface area contributed by atoms with Crippen molar-refractivity contribution in [2.45, 2.75) is 70.5 Å². The van der Waals surface area contributed by atoms with Gasteiger partial charge in [0.25, 0.3) is 0 Å². The fourth-order valence-corrected chi connectivity index (χ4v) is 6.67. The van der Waals surface area contributed by atoms with Gasteiger partial charge in [-0.2, -0.15) is 0 Å². The molecule has 4 heterocycles. The molecule has 1 fully saturated rings. The molecule has 0 bridgehead atoms. The van der Waals surface area contributed by atoms with E-state index in [2.05, 4.69) is 29.7 Å². The molecule has 13 heteroatoms. The van der Waals surface area contributed by atoms with Crippen LogP contribution in [0.25, 0.3) is 27.8 Å². The molecule has 1 atom stereocenters. The van der Waals surface area contributed by atoms with Crippen LogP contribution in [0.2, 0.25) is 5.15 Å². The van der Waals surface area contributed by atoms with Crippen molar-refractivity contribution in [1.82, 2.24) is 23.8 Å². The van der Waals surface area contributed by atoms with Crippen molar-refractivity contribution in [2.75, 3.05) is 31.7 Å². The number of benzene rings is 1. The van der Waals surface area contributed by atoms with Gasteiger partial charge in [0.1, 0.15) is 22.0 Å². The van der Waals surface area contributed by atoms with Crippen LogP contribution in [-0.4, -0.2) is 78.5 Å². The van der Waals surface area contributed by atoms with Gasteiger partial charge >= 0.3 is 12.2 Å². The Labute approximate surface area is 269 Å². The van der Waals surface area contributed by atoms with Crippen LogP contribution in [0.4, 0.5) is 15.4 Å². The van der Waals surface area contributed by atoms with E-state index in [0.717, 1.165) is 17.1 Å². The van der Waals surface area contributed by atoms with Gasteiger partial charge in [0.15, 0.2) is 11.5 Å². The van der Waals surface area contributed by atoms with E-state index in [1.165, 1.54) is 4.57 Å². The Morgan fingerprint density at radius 3 is 2.43 bits per heavy atom. The number of nitrogens with one attached hydrogen (secondary N) is 1. The summed E-state index contributed by atoms with van der Waals surface area (Å²) in [4.78, 5) is 36.7. The molecule has 1 amide bonds. The Morgan fingerprint density at radius 1 is 1.09 bits per heavy atom. The molecule has 1 saturated heterocycles. The molecule has 5 rings (SSSR count). The van der Waals surface area contributed by atoms with Gasteiger partial charge in [-0.3, -0.25) is 8.97 Å². The molecule has 1 unspecified atom stereocenters. The topological polar surface area (TPSA) is 103 Å². The Bertz CT molecular complexity index is 1740. The highest BCUT2D eigenvalue weighted by molar-refractivity contribution is 7.82. The largest absolute Gasteiger partial charge is 0.444 e. The maximum atomic E-state index is 13.4. The number of anilines is 1. The molecule has 1 N–H and O–H groups in total. The predicted octanol–water partition coefficient (Wildman–Crippen LogP) is 7.22. The van der Waals surface area contributed by atoms with Crippen molar-refractivity contribution >= 4 is 72.0 Å². The van der Waals surface area contributed by atoms with E-state index in [0.29, 0.717) is 52.9 Å². The number of fused-ring (bicyclic) bond motifs is 2. The molecule has 236 valence electrons. The number of carbonyl (C=O) groups excluding carboxylic acids is 2. The van der Waals surface area contributed by atoms with E-state index in [9.17, 15) is 9.59 Å². The molecule has 10 nitrogen and oxygen atoms in total. The summed E-state index contributed by atoms with van der Waals surface area (Å²) in [6.45, 7) is 16.3. The first-order chi connectivity index (χ1) is 20.4. The Hall–Kier alpha value is -3.01. The summed E-state index contributed by atoms with van der Waals surface area (Å²) < 4.78 is 14.7. The van der Waals surface area contributed by atoms with Crippen LogP contribution in [0.1, 0.15) is 54.4 Å². The van der Waals surface area contributed by atoms with E-state index in [-0.39, 0.29) is 6.09 Å². The van der Waals surface area contributed by atoms with Crippen molar-refractivity contribution in [3.8, 4) is 11.3 Å². The van der Waals surface area contributed by atoms with Crippen LogP contribution in [0.3, 0.4) is 0 Å². The number of imidazole rings is 1. The number of piperidine rings is 1. The van der Waals surface area contributed by atoms with Gasteiger partial charge in [-0.1, -0.05) is 31.7 Å². The summed E-state index contributed by atoms with van der Waals surface area (Å²) in [6.07, 6.45) is 5.68. The summed E-state index contributed by atoms with van der Waals surface area (Å²) in [5.74, 6) is 0.455. The van der Waals surface area contributed by atoms with Crippen molar-refractivity contribution in [3.63, 3.8) is 0 Å². The average molecular weight is 659 g/mol. The Kier molecular flexibility index (Phi) is 8.63. The van der Waals surface area contributed by atoms with E-state index < -0.39 is 30.1 Å². The first kappa shape index (κ1) is 32.4. The highest BCUT2D eigenvalue weighted by atomic mass is 35.5. The van der Waals surface area contributed by atoms with Crippen LogP contribution in [0.15, 0.2) is 36.8 Å². The number of carbonyl (C=O) groups is 2. The maximum absolute atomic E-state index is 13.4. The SMILES string of the molecule is CP(C)c1ccc2c(-c3nc(NC4(S)CCCN(C(=O)OC(C)(C)C)C4)c4nccn4c3Cl)cn(C(=O)OC(C)(C)C)c2c1. The number of ether oxygens (including phenoxy) is 2. The van der Waals surface area contributed by atoms with Crippen LogP contribution < -0.4 is 10.6 Å². The van der Waals surface area contributed by atoms with E-state index in [1.54, 1.807) is 27.9 Å². The molecule has 1 aliphatic heterocycles. The van der Waals surface area contributed by atoms with E-state index in [4.69, 9.17) is 38.7 Å². The molecule has 0 radical (unpaired) electrons. The number of halogens is 1. The third-order valence-corrected chi connectivity index (χ3v) is 9.26. The molecule has 0 spiro atoms. The molecule has 1 aromatic carbocycles. The van der Waals surface area contributed by atoms with Gasteiger partial charge in [-0.25, -0.2) is 19.6 Å². The number of hydrogen-bond acceptors (Lipinski definition) is 8. The first-order valence-electron chi connectivity index (χ1n) is 14.5. The molecule has 44 heavy (non-hydrogen) atoms. The monoisotopic (exact) mass is 658 g/mol. The van der Waals surface area contributed by atoms with Crippen LogP contribution in [-0.2, 0) is 9.47 Å². The molecule has 1 aliphatic rings. The molecule has 4 aromatic rings. The lowest BCUT2D eigenvalue weighted by Gasteiger charge is -2.40. The van der Waals surface area contributed by atoms with Crippen LogP contribution in [0.5, 0.6) is 0 Å². The average Bonchev–Trinajstić information content (AvgIpc) is 3.54. The van der Waals surface area contributed by atoms with Crippen LogP contribution >= 0.6 is 32.2 Å². The molecule has 0 saturated carbocycles. The number of nitrogens with zero attached hydrogens (tertiary/aromatic N) is 5. The standard InChI is InChI=1S/C31H40ClN6O4PS/c1-29(2,3)41-27(39)36-14-9-12-31(44,18-36)35-25-26-33-13-15-37(26)24(32)23(34-25)21-17-38(28(40)42-30(4,5)6)22-16-19(43(7)8)10-11-20(21)22/h10-11,13,15-17,44H,9,12,14,18H2,1-8H3,(H,34,35). The number of amides is 1. The van der Waals surface area contributed by atoms with Gasteiger partial charge in [-0.15, -0.1) is 12.6 Å². The Balaban J connectivity index is 1.60. The summed E-state index contributed by atoms with van der Waals surface area (Å²) in [5.41, 5.74) is 1.08. The maximum Gasteiger partial charge on any atom is 0.419 e. The zero-order valence-electron chi connectivity index (χ0n) is 26.4. The fraction of sp³-hybridized carbons (Fsp3) is 0.484. The zero-order valence-corrected chi connectivity index (χ0v) is 29.0. The van der Waals surface area contributed by atoms with Crippen molar-refractivity contribution in [2.24, 2.45) is 0 Å². The molecular weight excluding hydrogens is 619 g/mol. The number of thiol groups is 1. The molecular formula is C31H40ClN6O4PS. The second kappa shape index (κ2) is 11.7. The summed E-state index contributed by atoms with van der Waals surface area (Å²) >= 11 is 12.0. The summed E-state index contributed by atoms with van der Waals surface area (Å²) in [5, 5.41) is 5.77. The lowest BCUT2D eigenvalue weighted by atomic mass is 10.1. The quantitative estimate of drug-likeness (QED) is 0.136. The number of aromatic nitrogens is 4. The van der Waals surface area contributed by atoms with Gasteiger partial charge in [0.05, 0.1) is 16.9 Å².